The van der Waals surface area contributed by atoms with E-state index in [1.54, 1.807) is 19.1 Å². The molecule has 26 heavy (non-hydrogen) atoms. The van der Waals surface area contributed by atoms with E-state index in [-0.39, 0.29) is 18.1 Å². The minimum absolute atomic E-state index is 0.0947. The van der Waals surface area contributed by atoms with Gasteiger partial charge in [-0.1, -0.05) is 42.5 Å². The molecule has 0 fully saturated rings. The largest absolute Gasteiger partial charge is 0.508 e. The van der Waals surface area contributed by atoms with E-state index in [1.807, 2.05) is 30.3 Å². The zero-order valence-corrected chi connectivity index (χ0v) is 14.8. The van der Waals surface area contributed by atoms with Crippen molar-refractivity contribution < 1.29 is 14.7 Å². The average Bonchev–Trinajstić information content (AvgIpc) is 3.04. The maximum absolute atomic E-state index is 12.3. The lowest BCUT2D eigenvalue weighted by atomic mass is 10.1. The number of carbonyl (C=O) groups is 2. The number of aromatic hydroxyl groups is 1. The smallest absolute Gasteiger partial charge is 0.281 e. The number of nitrogens with zero attached hydrogens (tertiary/aromatic N) is 1. The van der Waals surface area contributed by atoms with Crippen LogP contribution in [0, 0.1) is 6.92 Å². The summed E-state index contributed by atoms with van der Waals surface area (Å²) in [5, 5.41) is 9.99. The molecule has 0 bridgehead atoms. The van der Waals surface area contributed by atoms with E-state index < -0.39 is 5.91 Å². The summed E-state index contributed by atoms with van der Waals surface area (Å²) in [6, 6.07) is 15.9. The van der Waals surface area contributed by atoms with Gasteiger partial charge in [-0.25, -0.2) is 4.98 Å². The van der Waals surface area contributed by atoms with E-state index in [9.17, 15) is 14.7 Å². The maximum atomic E-state index is 12.3. The molecule has 0 unspecified atom stereocenters. The van der Waals surface area contributed by atoms with E-state index in [2.05, 4.69) is 15.8 Å². The van der Waals surface area contributed by atoms with Gasteiger partial charge in [0.1, 0.15) is 15.6 Å². The van der Waals surface area contributed by atoms with Gasteiger partial charge in [0.2, 0.25) is 5.91 Å². The van der Waals surface area contributed by atoms with Crippen LogP contribution in [-0.2, 0) is 11.2 Å². The Balaban J connectivity index is 1.60. The van der Waals surface area contributed by atoms with Crippen LogP contribution in [0.5, 0.6) is 5.75 Å². The fourth-order valence-electron chi connectivity index (χ4n) is 2.34. The first-order chi connectivity index (χ1) is 12.5. The summed E-state index contributed by atoms with van der Waals surface area (Å²) in [5.74, 6) is -0.618. The van der Waals surface area contributed by atoms with Crippen molar-refractivity contribution in [3.05, 3.63) is 70.7 Å². The molecule has 0 radical (unpaired) electrons. The van der Waals surface area contributed by atoms with Gasteiger partial charge in [-0.15, -0.1) is 11.3 Å². The molecule has 3 rings (SSSR count). The molecule has 6 nitrogen and oxygen atoms in total. The summed E-state index contributed by atoms with van der Waals surface area (Å²) in [6.07, 6.45) is 0.0947. The van der Waals surface area contributed by atoms with Crippen LogP contribution in [0.3, 0.4) is 0 Å². The summed E-state index contributed by atoms with van der Waals surface area (Å²) in [4.78, 5) is 29.1. The Morgan fingerprint density at radius 3 is 2.42 bits per heavy atom. The first-order valence-electron chi connectivity index (χ1n) is 7.93. The number of carbonyl (C=O) groups excluding carboxylic acids is 2. The SMILES string of the molecule is Cc1nc(-c2ccccc2)sc1C(=O)NNC(=O)Cc1ccc(O)cc1. The lowest BCUT2D eigenvalue weighted by Crippen LogP contribution is -2.42. The van der Waals surface area contributed by atoms with Gasteiger partial charge >= 0.3 is 0 Å². The van der Waals surface area contributed by atoms with Crippen molar-refractivity contribution in [3.8, 4) is 16.3 Å². The minimum atomic E-state index is -0.402. The van der Waals surface area contributed by atoms with Gasteiger partial charge in [0, 0.05) is 5.56 Å². The summed E-state index contributed by atoms with van der Waals surface area (Å²) in [5.41, 5.74) is 7.10. The van der Waals surface area contributed by atoms with Crippen LogP contribution in [0.1, 0.15) is 20.9 Å². The molecule has 2 amide bonds. The highest BCUT2D eigenvalue weighted by atomic mass is 32.1. The summed E-state index contributed by atoms with van der Waals surface area (Å²) >= 11 is 1.28. The highest BCUT2D eigenvalue weighted by Gasteiger charge is 2.16. The molecule has 1 aromatic heterocycles. The minimum Gasteiger partial charge on any atom is -0.508 e. The van der Waals surface area contributed by atoms with E-state index in [4.69, 9.17) is 0 Å². The Morgan fingerprint density at radius 2 is 1.73 bits per heavy atom. The Hall–Kier alpha value is -3.19. The normalized spacial score (nSPS) is 10.3. The third-order valence-corrected chi connectivity index (χ3v) is 4.85. The molecular formula is C19H17N3O3S. The predicted molar refractivity (Wildman–Crippen MR) is 99.7 cm³/mol. The number of hydrogen-bond donors (Lipinski definition) is 3. The topological polar surface area (TPSA) is 91.3 Å². The van der Waals surface area contributed by atoms with Crippen molar-refractivity contribution in [1.29, 1.82) is 0 Å². The summed E-state index contributed by atoms with van der Waals surface area (Å²) in [6.45, 7) is 1.76. The number of amides is 2. The molecule has 0 atom stereocenters. The lowest BCUT2D eigenvalue weighted by Gasteiger charge is -2.06. The van der Waals surface area contributed by atoms with Crippen LogP contribution in [0.25, 0.3) is 10.6 Å². The highest BCUT2D eigenvalue weighted by Crippen LogP contribution is 2.27. The first-order valence-corrected chi connectivity index (χ1v) is 8.74. The average molecular weight is 367 g/mol. The number of hydrogen-bond acceptors (Lipinski definition) is 5. The van der Waals surface area contributed by atoms with Crippen molar-refractivity contribution in [2.45, 2.75) is 13.3 Å². The van der Waals surface area contributed by atoms with Gasteiger partial charge in [0.25, 0.3) is 5.91 Å². The van der Waals surface area contributed by atoms with Gasteiger partial charge in [0.15, 0.2) is 0 Å². The molecule has 0 aliphatic carbocycles. The van der Waals surface area contributed by atoms with Gasteiger partial charge in [-0.2, -0.15) is 0 Å². The van der Waals surface area contributed by atoms with Crippen molar-refractivity contribution in [1.82, 2.24) is 15.8 Å². The monoisotopic (exact) mass is 367 g/mol. The number of phenols is 1. The van der Waals surface area contributed by atoms with E-state index >= 15 is 0 Å². The molecular weight excluding hydrogens is 350 g/mol. The Kier molecular flexibility index (Phi) is 5.28. The molecule has 0 saturated carbocycles. The van der Waals surface area contributed by atoms with Crippen LogP contribution in [0.15, 0.2) is 54.6 Å². The van der Waals surface area contributed by atoms with Crippen LogP contribution < -0.4 is 10.9 Å². The number of thiazole rings is 1. The van der Waals surface area contributed by atoms with Crippen LogP contribution >= 0.6 is 11.3 Å². The number of benzene rings is 2. The molecule has 2 aromatic carbocycles. The Labute approximate surface area is 154 Å². The quantitative estimate of drug-likeness (QED) is 0.619. The molecule has 3 N–H and O–H groups in total. The molecule has 3 aromatic rings. The molecule has 0 saturated heterocycles. The van der Waals surface area contributed by atoms with Crippen LogP contribution in [-0.4, -0.2) is 21.9 Å². The van der Waals surface area contributed by atoms with Gasteiger partial charge in [-0.05, 0) is 24.6 Å². The predicted octanol–water partition coefficient (Wildman–Crippen LogP) is 2.83. The fourth-order valence-corrected chi connectivity index (χ4v) is 3.30. The third-order valence-electron chi connectivity index (χ3n) is 3.64. The number of phenolic OH excluding ortho intramolecular Hbond substituents is 1. The zero-order chi connectivity index (χ0) is 18.5. The number of hydrazine groups is 1. The van der Waals surface area contributed by atoms with Crippen molar-refractivity contribution in [2.24, 2.45) is 0 Å². The molecule has 0 aliphatic rings. The number of rotatable bonds is 4. The zero-order valence-electron chi connectivity index (χ0n) is 14.0. The lowest BCUT2D eigenvalue weighted by molar-refractivity contribution is -0.121. The van der Waals surface area contributed by atoms with E-state index in [0.29, 0.717) is 10.6 Å². The van der Waals surface area contributed by atoms with Gasteiger partial charge in [-0.3, -0.25) is 20.4 Å². The second-order valence-corrected chi connectivity index (χ2v) is 6.64. The summed E-state index contributed by atoms with van der Waals surface area (Å²) < 4.78 is 0. The fraction of sp³-hybridized carbons (Fsp3) is 0.105. The molecule has 1 heterocycles. The van der Waals surface area contributed by atoms with Crippen molar-refractivity contribution in [3.63, 3.8) is 0 Å². The van der Waals surface area contributed by atoms with E-state index in [1.165, 1.54) is 23.5 Å². The van der Waals surface area contributed by atoms with Crippen LogP contribution in [0.4, 0.5) is 0 Å². The third kappa shape index (κ3) is 4.25. The Morgan fingerprint density at radius 1 is 1.04 bits per heavy atom. The van der Waals surface area contributed by atoms with E-state index in [0.717, 1.165) is 16.1 Å². The maximum Gasteiger partial charge on any atom is 0.281 e. The van der Waals surface area contributed by atoms with Gasteiger partial charge in [0.05, 0.1) is 12.1 Å². The molecule has 132 valence electrons. The second-order valence-electron chi connectivity index (χ2n) is 5.65. The van der Waals surface area contributed by atoms with Crippen LogP contribution in [0.2, 0.25) is 0 Å². The number of nitrogens with one attached hydrogen (secondary N) is 2. The molecule has 0 spiro atoms. The highest BCUT2D eigenvalue weighted by molar-refractivity contribution is 7.17. The number of aromatic nitrogens is 1. The standard InChI is InChI=1S/C19H17N3O3S/c1-12-17(26-19(20-12)14-5-3-2-4-6-14)18(25)22-21-16(24)11-13-7-9-15(23)10-8-13/h2-10,23H,11H2,1H3,(H,21,24)(H,22,25). The second kappa shape index (κ2) is 7.79. The molecule has 0 aliphatic heterocycles. The molecule has 7 heteroatoms. The Bertz CT molecular complexity index is 921. The van der Waals surface area contributed by atoms with Crippen molar-refractivity contribution >= 4 is 23.2 Å². The first kappa shape index (κ1) is 17.6. The van der Waals surface area contributed by atoms with Crippen molar-refractivity contribution in [2.75, 3.05) is 0 Å². The number of aryl methyl sites for hydroxylation is 1. The summed E-state index contributed by atoms with van der Waals surface area (Å²) in [7, 11) is 0. The van der Waals surface area contributed by atoms with Gasteiger partial charge < -0.3 is 5.11 Å².